The number of nitrogens with zero attached hydrogens (tertiary/aromatic N) is 3. The Hall–Kier alpha value is -1.53. The first-order chi connectivity index (χ1) is 8.83. The van der Waals surface area contributed by atoms with Crippen molar-refractivity contribution in [1.29, 1.82) is 0 Å². The first kappa shape index (κ1) is 12.9. The van der Waals surface area contributed by atoms with Crippen molar-refractivity contribution in [3.8, 4) is 16.6 Å². The van der Waals surface area contributed by atoms with Crippen molar-refractivity contribution >= 4 is 11.3 Å². The summed E-state index contributed by atoms with van der Waals surface area (Å²) in [6, 6.07) is 1.79. The van der Waals surface area contributed by atoms with Crippen LogP contribution in [-0.2, 0) is 6.54 Å². The molecule has 2 rings (SSSR count). The van der Waals surface area contributed by atoms with E-state index in [4.69, 9.17) is 4.74 Å². The van der Waals surface area contributed by atoms with Crippen molar-refractivity contribution in [2.45, 2.75) is 19.9 Å². The number of nitrogens with one attached hydrogen (secondary N) is 1. The quantitative estimate of drug-likeness (QED) is 0.810. The third kappa shape index (κ3) is 3.24. The number of thiazole rings is 1. The summed E-state index contributed by atoms with van der Waals surface area (Å²) in [7, 11) is 1.59. The highest BCUT2D eigenvalue weighted by Crippen LogP contribution is 2.23. The van der Waals surface area contributed by atoms with Gasteiger partial charge in [-0.25, -0.2) is 15.0 Å². The van der Waals surface area contributed by atoms with Gasteiger partial charge in [0.2, 0.25) is 5.88 Å². The molecule has 2 aromatic heterocycles. The Bertz CT molecular complexity index is 500. The first-order valence-electron chi connectivity index (χ1n) is 5.85. The summed E-state index contributed by atoms with van der Waals surface area (Å²) in [4.78, 5) is 12.7. The van der Waals surface area contributed by atoms with Gasteiger partial charge in [-0.2, -0.15) is 0 Å². The van der Waals surface area contributed by atoms with Gasteiger partial charge in [-0.1, -0.05) is 6.92 Å². The van der Waals surface area contributed by atoms with Gasteiger partial charge in [0, 0.05) is 18.0 Å². The molecule has 2 heterocycles. The van der Waals surface area contributed by atoms with Crippen LogP contribution in [0.4, 0.5) is 0 Å². The molecule has 18 heavy (non-hydrogen) atoms. The second-order valence-corrected chi connectivity index (χ2v) is 4.62. The van der Waals surface area contributed by atoms with Gasteiger partial charge in [0.15, 0.2) is 0 Å². The molecule has 0 aliphatic heterocycles. The lowest BCUT2D eigenvalue weighted by Gasteiger charge is -2.00. The second kappa shape index (κ2) is 6.42. The average Bonchev–Trinajstić information content (AvgIpc) is 2.88. The first-order valence-corrected chi connectivity index (χ1v) is 6.73. The van der Waals surface area contributed by atoms with E-state index in [2.05, 4.69) is 27.2 Å². The molecule has 0 saturated heterocycles. The summed E-state index contributed by atoms with van der Waals surface area (Å²) in [6.45, 7) is 3.95. The lowest BCUT2D eigenvalue weighted by Crippen LogP contribution is -2.13. The number of ether oxygens (including phenoxy) is 1. The summed E-state index contributed by atoms with van der Waals surface area (Å²) in [5.74, 6) is 0.556. The molecule has 1 N–H and O–H groups in total. The summed E-state index contributed by atoms with van der Waals surface area (Å²) in [6.07, 6.45) is 2.62. The van der Waals surface area contributed by atoms with E-state index in [9.17, 15) is 0 Å². The predicted molar refractivity (Wildman–Crippen MR) is 71.7 cm³/mol. The summed E-state index contributed by atoms with van der Waals surface area (Å²) in [5.41, 5.74) is 1.84. The topological polar surface area (TPSA) is 59.9 Å². The Morgan fingerprint density at radius 3 is 3.06 bits per heavy atom. The van der Waals surface area contributed by atoms with Gasteiger partial charge in [0.25, 0.3) is 0 Å². The number of hydrogen-bond acceptors (Lipinski definition) is 6. The van der Waals surface area contributed by atoms with E-state index < -0.39 is 0 Å². The molecule has 0 amide bonds. The monoisotopic (exact) mass is 264 g/mol. The molecule has 96 valence electrons. The van der Waals surface area contributed by atoms with Crippen LogP contribution in [-0.4, -0.2) is 28.6 Å². The van der Waals surface area contributed by atoms with Crippen LogP contribution in [0, 0.1) is 0 Å². The molecule has 0 atom stereocenters. The molecule has 0 fully saturated rings. The lowest BCUT2D eigenvalue weighted by molar-refractivity contribution is 0.397. The van der Waals surface area contributed by atoms with E-state index in [1.807, 2.05) is 5.38 Å². The van der Waals surface area contributed by atoms with Crippen LogP contribution in [0.3, 0.4) is 0 Å². The van der Waals surface area contributed by atoms with Crippen LogP contribution in [0.25, 0.3) is 10.7 Å². The van der Waals surface area contributed by atoms with Crippen molar-refractivity contribution < 1.29 is 4.74 Å². The van der Waals surface area contributed by atoms with Gasteiger partial charge in [-0.05, 0) is 13.0 Å². The molecule has 0 unspecified atom stereocenters. The maximum absolute atomic E-state index is 5.08. The molecule has 2 aromatic rings. The predicted octanol–water partition coefficient (Wildman–Crippen LogP) is 2.11. The smallest absolute Gasteiger partial charge is 0.216 e. The SMILES string of the molecule is CCCNCc1csc(-c2cc(OC)ncn2)n1. The minimum absolute atomic E-state index is 0.556. The van der Waals surface area contributed by atoms with Crippen LogP contribution in [0.5, 0.6) is 5.88 Å². The number of aromatic nitrogens is 3. The zero-order valence-corrected chi connectivity index (χ0v) is 11.3. The average molecular weight is 264 g/mol. The van der Waals surface area contributed by atoms with Crippen LogP contribution in [0.1, 0.15) is 19.0 Å². The highest BCUT2D eigenvalue weighted by atomic mass is 32.1. The molecule has 0 saturated carbocycles. The fourth-order valence-electron chi connectivity index (χ4n) is 1.47. The molecule has 0 radical (unpaired) electrons. The third-order valence-corrected chi connectivity index (χ3v) is 3.27. The number of hydrogen-bond donors (Lipinski definition) is 1. The highest BCUT2D eigenvalue weighted by molar-refractivity contribution is 7.13. The van der Waals surface area contributed by atoms with Crippen molar-refractivity contribution in [3.63, 3.8) is 0 Å². The van der Waals surface area contributed by atoms with Gasteiger partial charge in [-0.3, -0.25) is 0 Å². The molecule has 0 aromatic carbocycles. The Labute approximate surface area is 110 Å². The van der Waals surface area contributed by atoms with Crippen molar-refractivity contribution in [2.24, 2.45) is 0 Å². The molecule has 0 aliphatic carbocycles. The van der Waals surface area contributed by atoms with E-state index in [0.717, 1.165) is 35.9 Å². The van der Waals surface area contributed by atoms with Gasteiger partial charge < -0.3 is 10.1 Å². The fraction of sp³-hybridized carbons (Fsp3) is 0.417. The minimum Gasteiger partial charge on any atom is -0.481 e. The van der Waals surface area contributed by atoms with E-state index in [-0.39, 0.29) is 0 Å². The van der Waals surface area contributed by atoms with E-state index in [1.165, 1.54) is 6.33 Å². The fourth-order valence-corrected chi connectivity index (χ4v) is 2.25. The second-order valence-electron chi connectivity index (χ2n) is 3.77. The van der Waals surface area contributed by atoms with Gasteiger partial charge in [0.1, 0.15) is 17.0 Å². The van der Waals surface area contributed by atoms with E-state index in [0.29, 0.717) is 5.88 Å². The Morgan fingerprint density at radius 1 is 1.39 bits per heavy atom. The lowest BCUT2D eigenvalue weighted by atomic mass is 10.4. The van der Waals surface area contributed by atoms with Crippen molar-refractivity contribution in [2.75, 3.05) is 13.7 Å². The summed E-state index contributed by atoms with van der Waals surface area (Å²) in [5, 5.41) is 6.27. The summed E-state index contributed by atoms with van der Waals surface area (Å²) >= 11 is 1.58. The molecule has 5 nitrogen and oxygen atoms in total. The molecule has 0 bridgehead atoms. The molecule has 0 aliphatic rings. The van der Waals surface area contributed by atoms with Gasteiger partial charge in [0.05, 0.1) is 12.8 Å². The maximum atomic E-state index is 5.08. The van der Waals surface area contributed by atoms with Crippen LogP contribution in [0.15, 0.2) is 17.8 Å². The zero-order valence-electron chi connectivity index (χ0n) is 10.5. The standard InChI is InChI=1S/C12H16N4OS/c1-3-4-13-6-9-7-18-12(16-9)10-5-11(17-2)15-8-14-10/h5,7-8,13H,3-4,6H2,1-2H3. The Morgan fingerprint density at radius 2 is 2.28 bits per heavy atom. The molecular weight excluding hydrogens is 248 g/mol. The maximum Gasteiger partial charge on any atom is 0.216 e. The van der Waals surface area contributed by atoms with E-state index in [1.54, 1.807) is 24.5 Å². The largest absolute Gasteiger partial charge is 0.481 e. The molecular formula is C12H16N4OS. The Kier molecular flexibility index (Phi) is 4.60. The highest BCUT2D eigenvalue weighted by Gasteiger charge is 2.07. The van der Waals surface area contributed by atoms with Crippen LogP contribution >= 0.6 is 11.3 Å². The van der Waals surface area contributed by atoms with Crippen molar-refractivity contribution in [1.82, 2.24) is 20.3 Å². The van der Waals surface area contributed by atoms with Gasteiger partial charge >= 0.3 is 0 Å². The van der Waals surface area contributed by atoms with Crippen LogP contribution in [0.2, 0.25) is 0 Å². The van der Waals surface area contributed by atoms with Crippen molar-refractivity contribution in [3.05, 3.63) is 23.5 Å². The molecule has 6 heteroatoms. The summed E-state index contributed by atoms with van der Waals surface area (Å²) < 4.78 is 5.08. The number of methoxy groups -OCH3 is 1. The minimum atomic E-state index is 0.556. The van der Waals surface area contributed by atoms with Gasteiger partial charge in [-0.15, -0.1) is 11.3 Å². The normalized spacial score (nSPS) is 10.6. The number of rotatable bonds is 6. The van der Waals surface area contributed by atoms with E-state index >= 15 is 0 Å². The van der Waals surface area contributed by atoms with Crippen LogP contribution < -0.4 is 10.1 Å². The Balaban J connectivity index is 2.08. The zero-order chi connectivity index (χ0) is 12.8. The molecule has 0 spiro atoms. The third-order valence-electron chi connectivity index (χ3n) is 2.35.